The van der Waals surface area contributed by atoms with Crippen LogP contribution in [0.1, 0.15) is 28.8 Å². The zero-order valence-corrected chi connectivity index (χ0v) is 12.9. The van der Waals surface area contributed by atoms with Crippen LogP contribution in [-0.2, 0) is 6.42 Å². The fraction of sp³-hybridized carbons (Fsp3) is 0.294. The molecule has 0 aliphatic carbocycles. The van der Waals surface area contributed by atoms with Gasteiger partial charge in [0.1, 0.15) is 5.75 Å². The largest absolute Gasteiger partial charge is 0.493 e. The molecule has 3 N–H and O–H groups in total. The summed E-state index contributed by atoms with van der Waals surface area (Å²) < 4.78 is 5.89. The molecule has 116 valence electrons. The molecule has 0 amide bonds. The molecular formula is C17H21N3O2. The summed E-state index contributed by atoms with van der Waals surface area (Å²) >= 11 is 0. The lowest BCUT2D eigenvalue weighted by molar-refractivity contribution is 0.306. The van der Waals surface area contributed by atoms with Crippen molar-refractivity contribution in [3.8, 4) is 5.75 Å². The van der Waals surface area contributed by atoms with Gasteiger partial charge in [0.2, 0.25) is 0 Å². The van der Waals surface area contributed by atoms with Crippen LogP contribution in [0.25, 0.3) is 0 Å². The third kappa shape index (κ3) is 3.97. The van der Waals surface area contributed by atoms with Crippen LogP contribution >= 0.6 is 0 Å². The molecule has 0 atom stereocenters. The fourth-order valence-electron chi connectivity index (χ4n) is 2.36. The van der Waals surface area contributed by atoms with Gasteiger partial charge < -0.3 is 15.7 Å². The molecule has 0 unspecified atom stereocenters. The Balaban J connectivity index is 1.95. The van der Waals surface area contributed by atoms with Crippen LogP contribution in [0, 0.1) is 13.8 Å². The summed E-state index contributed by atoms with van der Waals surface area (Å²) in [5, 5.41) is 11.8. The Kier molecular flexibility index (Phi) is 5.36. The van der Waals surface area contributed by atoms with E-state index in [2.05, 4.69) is 10.1 Å². The summed E-state index contributed by atoms with van der Waals surface area (Å²) in [6.07, 6.45) is 3.59. The first-order valence-electron chi connectivity index (χ1n) is 7.23. The Morgan fingerprint density at radius 1 is 1.27 bits per heavy atom. The van der Waals surface area contributed by atoms with Gasteiger partial charge in [-0.3, -0.25) is 4.98 Å². The molecule has 1 aromatic heterocycles. The summed E-state index contributed by atoms with van der Waals surface area (Å²) in [7, 11) is 0. The molecule has 0 fully saturated rings. The molecule has 0 aliphatic heterocycles. The number of hydrogen-bond acceptors (Lipinski definition) is 4. The van der Waals surface area contributed by atoms with Crippen LogP contribution in [0.3, 0.4) is 0 Å². The fourth-order valence-corrected chi connectivity index (χ4v) is 2.36. The molecular weight excluding hydrogens is 278 g/mol. The number of oxime groups is 1. The Hall–Kier alpha value is -2.56. The van der Waals surface area contributed by atoms with Crippen molar-refractivity contribution in [2.45, 2.75) is 26.7 Å². The maximum Gasteiger partial charge on any atom is 0.170 e. The zero-order valence-electron chi connectivity index (χ0n) is 12.9. The van der Waals surface area contributed by atoms with Gasteiger partial charge in [-0.15, -0.1) is 0 Å². The van der Waals surface area contributed by atoms with Gasteiger partial charge in [-0.25, -0.2) is 0 Å². The van der Waals surface area contributed by atoms with E-state index in [9.17, 15) is 0 Å². The highest BCUT2D eigenvalue weighted by Gasteiger charge is 2.09. The van der Waals surface area contributed by atoms with E-state index in [1.807, 2.05) is 44.2 Å². The minimum absolute atomic E-state index is 0.105. The molecule has 0 bridgehead atoms. The summed E-state index contributed by atoms with van der Waals surface area (Å²) in [6.45, 7) is 4.53. The van der Waals surface area contributed by atoms with E-state index in [0.717, 1.165) is 35.4 Å². The highest BCUT2D eigenvalue weighted by atomic mass is 16.5. The molecule has 0 radical (unpaired) electrons. The molecule has 2 aromatic rings. The third-order valence-electron chi connectivity index (χ3n) is 3.41. The van der Waals surface area contributed by atoms with E-state index < -0.39 is 0 Å². The van der Waals surface area contributed by atoms with Crippen molar-refractivity contribution < 1.29 is 9.94 Å². The van der Waals surface area contributed by atoms with Crippen molar-refractivity contribution in [1.82, 2.24) is 4.98 Å². The standard InChI is InChI=1S/C17H21N3O2/c1-12-10-14(17(18)20-21)11-13(2)16(12)22-9-5-7-15-6-3-4-8-19-15/h3-4,6,8,10-11,21H,5,7,9H2,1-2H3,(H2,18,20). The SMILES string of the molecule is Cc1cc(C(N)=NO)cc(C)c1OCCCc1ccccn1. The number of aryl methyl sites for hydroxylation is 3. The van der Waals surface area contributed by atoms with Gasteiger partial charge in [-0.1, -0.05) is 11.2 Å². The third-order valence-corrected chi connectivity index (χ3v) is 3.41. The summed E-state index contributed by atoms with van der Waals surface area (Å²) in [5.41, 5.74) is 9.33. The van der Waals surface area contributed by atoms with Gasteiger partial charge in [0.05, 0.1) is 6.61 Å². The summed E-state index contributed by atoms with van der Waals surface area (Å²) in [5.74, 6) is 0.961. The molecule has 1 aromatic carbocycles. The van der Waals surface area contributed by atoms with E-state index in [1.54, 1.807) is 6.20 Å². The molecule has 0 spiro atoms. The summed E-state index contributed by atoms with van der Waals surface area (Å²) in [6, 6.07) is 9.63. The smallest absolute Gasteiger partial charge is 0.170 e. The second-order valence-corrected chi connectivity index (χ2v) is 5.20. The van der Waals surface area contributed by atoms with Gasteiger partial charge in [-0.05, 0) is 62.1 Å². The quantitative estimate of drug-likeness (QED) is 0.282. The maximum absolute atomic E-state index is 8.75. The normalized spacial score (nSPS) is 11.5. The Morgan fingerprint density at radius 3 is 2.59 bits per heavy atom. The Morgan fingerprint density at radius 2 is 2.00 bits per heavy atom. The number of benzene rings is 1. The molecule has 5 nitrogen and oxygen atoms in total. The highest BCUT2D eigenvalue weighted by Crippen LogP contribution is 2.25. The lowest BCUT2D eigenvalue weighted by Gasteiger charge is -2.13. The minimum atomic E-state index is 0.105. The zero-order chi connectivity index (χ0) is 15.9. The highest BCUT2D eigenvalue weighted by molar-refractivity contribution is 5.97. The summed E-state index contributed by atoms with van der Waals surface area (Å²) in [4.78, 5) is 4.29. The first kappa shape index (κ1) is 15.8. The number of rotatable bonds is 6. The molecule has 1 heterocycles. The van der Waals surface area contributed by atoms with Gasteiger partial charge in [0, 0.05) is 17.5 Å². The number of nitrogens with two attached hydrogens (primary N) is 1. The number of amidine groups is 1. The number of nitrogens with zero attached hydrogens (tertiary/aromatic N) is 2. The van der Waals surface area contributed by atoms with Crippen molar-refractivity contribution in [3.63, 3.8) is 0 Å². The van der Waals surface area contributed by atoms with Gasteiger partial charge in [-0.2, -0.15) is 0 Å². The van der Waals surface area contributed by atoms with Crippen molar-refractivity contribution in [2.75, 3.05) is 6.61 Å². The molecule has 0 saturated heterocycles. The molecule has 22 heavy (non-hydrogen) atoms. The van der Waals surface area contributed by atoms with Crippen LogP contribution in [0.2, 0.25) is 0 Å². The second-order valence-electron chi connectivity index (χ2n) is 5.20. The van der Waals surface area contributed by atoms with Crippen LogP contribution in [-0.4, -0.2) is 22.6 Å². The lowest BCUT2D eigenvalue weighted by Crippen LogP contribution is -2.14. The van der Waals surface area contributed by atoms with Gasteiger partial charge in [0.15, 0.2) is 5.84 Å². The van der Waals surface area contributed by atoms with E-state index in [1.165, 1.54) is 0 Å². The predicted molar refractivity (Wildman–Crippen MR) is 86.5 cm³/mol. The van der Waals surface area contributed by atoms with Crippen molar-refractivity contribution in [3.05, 3.63) is 58.9 Å². The number of aromatic nitrogens is 1. The first-order chi connectivity index (χ1) is 10.6. The molecule has 2 rings (SSSR count). The lowest BCUT2D eigenvalue weighted by atomic mass is 10.1. The predicted octanol–water partition coefficient (Wildman–Crippen LogP) is 2.80. The van der Waals surface area contributed by atoms with E-state index >= 15 is 0 Å². The number of pyridine rings is 1. The van der Waals surface area contributed by atoms with Gasteiger partial charge in [0.25, 0.3) is 0 Å². The van der Waals surface area contributed by atoms with Crippen molar-refractivity contribution in [1.29, 1.82) is 0 Å². The van der Waals surface area contributed by atoms with Crippen LogP contribution in [0.5, 0.6) is 5.75 Å². The Bertz CT molecular complexity index is 631. The van der Waals surface area contributed by atoms with E-state index in [-0.39, 0.29) is 5.84 Å². The molecule has 0 saturated carbocycles. The van der Waals surface area contributed by atoms with E-state index in [4.69, 9.17) is 15.7 Å². The average molecular weight is 299 g/mol. The topological polar surface area (TPSA) is 80.7 Å². The van der Waals surface area contributed by atoms with Crippen LogP contribution in [0.15, 0.2) is 41.7 Å². The van der Waals surface area contributed by atoms with Crippen LogP contribution < -0.4 is 10.5 Å². The minimum Gasteiger partial charge on any atom is -0.493 e. The Labute approximate surface area is 130 Å². The van der Waals surface area contributed by atoms with Crippen LogP contribution in [0.4, 0.5) is 0 Å². The van der Waals surface area contributed by atoms with Crippen molar-refractivity contribution in [2.24, 2.45) is 10.9 Å². The maximum atomic E-state index is 8.75. The monoisotopic (exact) mass is 299 g/mol. The molecule has 0 aliphatic rings. The van der Waals surface area contributed by atoms with E-state index in [0.29, 0.717) is 12.2 Å². The number of ether oxygens (including phenoxy) is 1. The average Bonchev–Trinajstić information content (AvgIpc) is 2.53. The van der Waals surface area contributed by atoms with Gasteiger partial charge >= 0.3 is 0 Å². The second kappa shape index (κ2) is 7.45. The first-order valence-corrected chi connectivity index (χ1v) is 7.23. The van der Waals surface area contributed by atoms with Crippen molar-refractivity contribution >= 4 is 5.84 Å². The number of hydrogen-bond donors (Lipinski definition) is 2. The molecule has 5 heteroatoms.